The number of ether oxygens (including phenoxy) is 1. The topological polar surface area (TPSA) is 41.6 Å². The fourth-order valence-electron chi connectivity index (χ4n) is 2.31. The first kappa shape index (κ1) is 15.8. The highest BCUT2D eigenvalue weighted by molar-refractivity contribution is 6.00. The van der Waals surface area contributed by atoms with Crippen LogP contribution < -0.4 is 5.32 Å². The largest absolute Gasteiger partial charge is 0.383 e. The lowest BCUT2D eigenvalue weighted by Crippen LogP contribution is -2.36. The second kappa shape index (κ2) is 7.41. The molecule has 0 aliphatic heterocycles. The van der Waals surface area contributed by atoms with Crippen molar-refractivity contribution < 1.29 is 13.9 Å². The molecule has 4 nitrogen and oxygen atoms in total. The van der Waals surface area contributed by atoms with E-state index in [0.29, 0.717) is 30.9 Å². The molecule has 1 N–H and O–H groups in total. The summed E-state index contributed by atoms with van der Waals surface area (Å²) in [7, 11) is 1.62. The van der Waals surface area contributed by atoms with Crippen LogP contribution in [0.3, 0.4) is 0 Å². The molecule has 1 aliphatic rings. The van der Waals surface area contributed by atoms with Crippen LogP contribution in [0.15, 0.2) is 18.2 Å². The van der Waals surface area contributed by atoms with E-state index in [-0.39, 0.29) is 17.8 Å². The molecule has 1 aliphatic carbocycles. The number of hydrogen-bond donors (Lipinski definition) is 1. The maximum Gasteiger partial charge on any atom is 0.256 e. The lowest BCUT2D eigenvalue weighted by molar-refractivity contribution is 0.0680. The maximum atomic E-state index is 14.0. The Kier molecular flexibility index (Phi) is 5.56. The third-order valence-corrected chi connectivity index (χ3v) is 3.58. The van der Waals surface area contributed by atoms with Gasteiger partial charge in [-0.2, -0.15) is 0 Å². The van der Waals surface area contributed by atoms with Crippen molar-refractivity contribution in [1.29, 1.82) is 0 Å². The van der Waals surface area contributed by atoms with Gasteiger partial charge in [-0.15, -0.1) is 0 Å². The SMILES string of the molecule is CCCNc1c(F)cccc1C(=O)N(CCOC)C1CC1. The summed E-state index contributed by atoms with van der Waals surface area (Å²) < 4.78 is 19.1. The van der Waals surface area contributed by atoms with Crippen LogP contribution in [0.5, 0.6) is 0 Å². The summed E-state index contributed by atoms with van der Waals surface area (Å²) >= 11 is 0. The molecule has 0 radical (unpaired) electrons. The molecule has 1 aromatic carbocycles. The zero-order valence-electron chi connectivity index (χ0n) is 12.7. The first-order valence-corrected chi connectivity index (χ1v) is 7.51. The van der Waals surface area contributed by atoms with Gasteiger partial charge in [-0.25, -0.2) is 4.39 Å². The van der Waals surface area contributed by atoms with E-state index in [1.54, 1.807) is 24.1 Å². The number of para-hydroxylation sites is 1. The molecule has 0 spiro atoms. The van der Waals surface area contributed by atoms with Gasteiger partial charge < -0.3 is 15.0 Å². The molecular formula is C16H23FN2O2. The van der Waals surface area contributed by atoms with Crippen LogP contribution in [0.2, 0.25) is 0 Å². The van der Waals surface area contributed by atoms with Crippen molar-refractivity contribution >= 4 is 11.6 Å². The fourth-order valence-corrected chi connectivity index (χ4v) is 2.31. The molecule has 0 unspecified atom stereocenters. The highest BCUT2D eigenvalue weighted by atomic mass is 19.1. The maximum absolute atomic E-state index is 14.0. The molecule has 21 heavy (non-hydrogen) atoms. The van der Waals surface area contributed by atoms with Crippen molar-refractivity contribution in [3.63, 3.8) is 0 Å². The molecule has 0 atom stereocenters. The zero-order valence-corrected chi connectivity index (χ0v) is 12.7. The van der Waals surface area contributed by atoms with Crippen molar-refractivity contribution in [1.82, 2.24) is 4.90 Å². The number of carbonyl (C=O) groups excluding carboxylic acids is 1. The fraction of sp³-hybridized carbons (Fsp3) is 0.562. The van der Waals surface area contributed by atoms with E-state index < -0.39 is 0 Å². The van der Waals surface area contributed by atoms with E-state index >= 15 is 0 Å². The average Bonchev–Trinajstić information content (AvgIpc) is 3.30. The van der Waals surface area contributed by atoms with Crippen LogP contribution in [0.1, 0.15) is 36.5 Å². The highest BCUT2D eigenvalue weighted by Crippen LogP contribution is 2.30. The van der Waals surface area contributed by atoms with Crippen LogP contribution in [-0.4, -0.2) is 43.7 Å². The Morgan fingerprint density at radius 2 is 2.24 bits per heavy atom. The average molecular weight is 294 g/mol. The van der Waals surface area contributed by atoms with Crippen molar-refractivity contribution in [2.45, 2.75) is 32.2 Å². The molecule has 1 fully saturated rings. The van der Waals surface area contributed by atoms with Gasteiger partial charge in [0.1, 0.15) is 5.82 Å². The lowest BCUT2D eigenvalue weighted by atomic mass is 10.1. The molecule has 0 heterocycles. The Bertz CT molecular complexity index is 489. The number of rotatable bonds is 8. The van der Waals surface area contributed by atoms with Gasteiger partial charge in [-0.05, 0) is 31.4 Å². The number of anilines is 1. The molecular weight excluding hydrogens is 271 g/mol. The molecule has 5 heteroatoms. The lowest BCUT2D eigenvalue weighted by Gasteiger charge is -2.23. The number of carbonyl (C=O) groups is 1. The number of methoxy groups -OCH3 is 1. The van der Waals surface area contributed by atoms with Gasteiger partial charge in [0.15, 0.2) is 0 Å². The van der Waals surface area contributed by atoms with Crippen LogP contribution in [0, 0.1) is 5.82 Å². The van der Waals surface area contributed by atoms with E-state index in [9.17, 15) is 9.18 Å². The van der Waals surface area contributed by atoms with Crippen LogP contribution in [0.25, 0.3) is 0 Å². The summed E-state index contributed by atoms with van der Waals surface area (Å²) in [6.07, 6.45) is 2.91. The van der Waals surface area contributed by atoms with E-state index in [1.165, 1.54) is 6.07 Å². The third kappa shape index (κ3) is 3.94. The highest BCUT2D eigenvalue weighted by Gasteiger charge is 2.33. The monoisotopic (exact) mass is 294 g/mol. The molecule has 1 amide bonds. The summed E-state index contributed by atoms with van der Waals surface area (Å²) in [6, 6.07) is 4.92. The molecule has 0 bridgehead atoms. The van der Waals surface area contributed by atoms with E-state index in [4.69, 9.17) is 4.74 Å². The van der Waals surface area contributed by atoms with Crippen LogP contribution >= 0.6 is 0 Å². The van der Waals surface area contributed by atoms with E-state index in [2.05, 4.69) is 5.32 Å². The number of nitrogens with zero attached hydrogens (tertiary/aromatic N) is 1. The second-order valence-corrected chi connectivity index (χ2v) is 5.31. The van der Waals surface area contributed by atoms with Crippen molar-refractivity contribution in [2.24, 2.45) is 0 Å². The van der Waals surface area contributed by atoms with Gasteiger partial charge in [0.25, 0.3) is 5.91 Å². The summed E-state index contributed by atoms with van der Waals surface area (Å²) in [6.45, 7) is 3.69. The van der Waals surface area contributed by atoms with Gasteiger partial charge in [-0.3, -0.25) is 4.79 Å². The first-order valence-electron chi connectivity index (χ1n) is 7.51. The van der Waals surface area contributed by atoms with Crippen LogP contribution in [0.4, 0.5) is 10.1 Å². The zero-order chi connectivity index (χ0) is 15.2. The number of nitrogens with one attached hydrogen (secondary N) is 1. The third-order valence-electron chi connectivity index (χ3n) is 3.58. The quantitative estimate of drug-likeness (QED) is 0.801. The number of halogens is 1. The Morgan fingerprint density at radius 1 is 1.48 bits per heavy atom. The minimum absolute atomic E-state index is 0.118. The van der Waals surface area contributed by atoms with Crippen molar-refractivity contribution in [3.8, 4) is 0 Å². The summed E-state index contributed by atoms with van der Waals surface area (Å²) in [5.41, 5.74) is 0.721. The summed E-state index contributed by atoms with van der Waals surface area (Å²) in [5, 5.41) is 3.03. The molecule has 0 aromatic heterocycles. The molecule has 1 aromatic rings. The standard InChI is InChI=1S/C16H23FN2O2/c1-3-9-18-15-13(5-4-6-14(15)17)16(20)19(10-11-21-2)12-7-8-12/h4-6,12,18H,3,7-11H2,1-2H3. The Balaban J connectivity index is 2.21. The normalized spacial score (nSPS) is 14.0. The predicted molar refractivity (Wildman–Crippen MR) is 81.1 cm³/mol. The van der Waals surface area contributed by atoms with Crippen LogP contribution in [-0.2, 0) is 4.74 Å². The summed E-state index contributed by atoms with van der Waals surface area (Å²) in [4.78, 5) is 14.5. The van der Waals surface area contributed by atoms with Crippen molar-refractivity contribution in [3.05, 3.63) is 29.6 Å². The Labute approximate surface area is 125 Å². The van der Waals surface area contributed by atoms with Gasteiger partial charge in [-0.1, -0.05) is 13.0 Å². The van der Waals surface area contributed by atoms with Crippen molar-refractivity contribution in [2.75, 3.05) is 32.1 Å². The molecule has 1 saturated carbocycles. The molecule has 0 saturated heterocycles. The smallest absolute Gasteiger partial charge is 0.256 e. The number of amides is 1. The van der Waals surface area contributed by atoms with Gasteiger partial charge >= 0.3 is 0 Å². The Morgan fingerprint density at radius 3 is 2.86 bits per heavy atom. The molecule has 2 rings (SSSR count). The Hall–Kier alpha value is -1.62. The molecule has 116 valence electrons. The van der Waals surface area contributed by atoms with Gasteiger partial charge in [0.2, 0.25) is 0 Å². The number of hydrogen-bond acceptors (Lipinski definition) is 3. The minimum Gasteiger partial charge on any atom is -0.383 e. The van der Waals surface area contributed by atoms with Gasteiger partial charge in [0.05, 0.1) is 17.9 Å². The summed E-state index contributed by atoms with van der Waals surface area (Å²) in [5.74, 6) is -0.496. The van der Waals surface area contributed by atoms with Gasteiger partial charge in [0, 0.05) is 26.2 Å². The van der Waals surface area contributed by atoms with E-state index in [1.807, 2.05) is 6.92 Å². The first-order chi connectivity index (χ1) is 10.2. The minimum atomic E-state index is -0.378. The van der Waals surface area contributed by atoms with E-state index in [0.717, 1.165) is 19.3 Å². The second-order valence-electron chi connectivity index (χ2n) is 5.31. The number of benzene rings is 1. The predicted octanol–water partition coefficient (Wildman–Crippen LogP) is 2.90.